The Hall–Kier alpha value is -3.09. The molecule has 0 spiro atoms. The van der Waals surface area contributed by atoms with Gasteiger partial charge in [-0.2, -0.15) is 26.3 Å². The third-order valence-corrected chi connectivity index (χ3v) is 4.56. The van der Waals surface area contributed by atoms with Crippen molar-refractivity contribution in [2.24, 2.45) is 0 Å². The summed E-state index contributed by atoms with van der Waals surface area (Å²) in [6, 6.07) is 0.525. The van der Waals surface area contributed by atoms with E-state index >= 15 is 0 Å². The van der Waals surface area contributed by atoms with Crippen LogP contribution in [0.2, 0.25) is 0 Å². The van der Waals surface area contributed by atoms with Crippen LogP contribution in [0, 0.1) is 0 Å². The summed E-state index contributed by atoms with van der Waals surface area (Å²) >= 11 is 0. The summed E-state index contributed by atoms with van der Waals surface area (Å²) in [4.78, 5) is 39.0. The van der Waals surface area contributed by atoms with Crippen molar-refractivity contribution in [3.8, 4) is 0 Å². The van der Waals surface area contributed by atoms with Crippen molar-refractivity contribution in [2.75, 3.05) is 11.9 Å². The smallest absolute Gasteiger partial charge is 0.376 e. The summed E-state index contributed by atoms with van der Waals surface area (Å²) in [7, 11) is 0. The number of anilines is 1. The van der Waals surface area contributed by atoms with Crippen molar-refractivity contribution >= 4 is 11.6 Å². The minimum Gasteiger partial charge on any atom is -0.376 e. The SMILES string of the molecule is O=C(Nc1cc(C(F)(F)F)cc(C(F)(F)F)c1)c1c[nH]c(=O)n(CC2CCCO2)c1=O. The van der Waals surface area contributed by atoms with Gasteiger partial charge in [0.2, 0.25) is 0 Å². The number of amides is 1. The number of hydrogen-bond acceptors (Lipinski definition) is 4. The molecule has 168 valence electrons. The number of carbonyl (C=O) groups excluding carboxylic acids is 1. The highest BCUT2D eigenvalue weighted by atomic mass is 19.4. The highest BCUT2D eigenvalue weighted by molar-refractivity contribution is 6.03. The Balaban J connectivity index is 1.94. The highest BCUT2D eigenvalue weighted by Gasteiger charge is 2.37. The van der Waals surface area contributed by atoms with Gasteiger partial charge in [0.15, 0.2) is 0 Å². The summed E-state index contributed by atoms with van der Waals surface area (Å²) in [5.41, 5.74) is -6.63. The van der Waals surface area contributed by atoms with Crippen molar-refractivity contribution in [1.29, 1.82) is 0 Å². The molecule has 0 bridgehead atoms. The average Bonchev–Trinajstić information content (AvgIpc) is 3.16. The first-order chi connectivity index (χ1) is 14.4. The fraction of sp³-hybridized carbons (Fsp3) is 0.389. The quantitative estimate of drug-likeness (QED) is 0.700. The molecule has 2 aromatic rings. The Morgan fingerprint density at radius 3 is 2.23 bits per heavy atom. The molecule has 1 atom stereocenters. The minimum atomic E-state index is -5.10. The molecule has 1 aliphatic heterocycles. The molecule has 1 amide bonds. The molecule has 7 nitrogen and oxygen atoms in total. The van der Waals surface area contributed by atoms with Crippen LogP contribution < -0.4 is 16.6 Å². The number of aromatic nitrogens is 2. The molecule has 1 aliphatic rings. The maximum atomic E-state index is 13.0. The van der Waals surface area contributed by atoms with Crippen LogP contribution in [-0.4, -0.2) is 28.2 Å². The zero-order chi connectivity index (χ0) is 23.0. The van der Waals surface area contributed by atoms with Gasteiger partial charge in [0, 0.05) is 18.5 Å². The summed E-state index contributed by atoms with van der Waals surface area (Å²) in [5, 5.41) is 1.86. The first-order valence-corrected chi connectivity index (χ1v) is 8.91. The molecule has 1 aromatic heterocycles. The first kappa shape index (κ1) is 22.6. The van der Waals surface area contributed by atoms with Gasteiger partial charge in [-0.1, -0.05) is 0 Å². The molecule has 0 saturated carbocycles. The van der Waals surface area contributed by atoms with E-state index in [9.17, 15) is 40.7 Å². The topological polar surface area (TPSA) is 93.2 Å². The van der Waals surface area contributed by atoms with E-state index in [0.717, 1.165) is 6.20 Å². The van der Waals surface area contributed by atoms with Gasteiger partial charge in [-0.15, -0.1) is 0 Å². The molecule has 0 radical (unpaired) electrons. The predicted molar refractivity (Wildman–Crippen MR) is 94.7 cm³/mol. The summed E-state index contributed by atoms with van der Waals surface area (Å²) < 4.78 is 83.8. The lowest BCUT2D eigenvalue weighted by molar-refractivity contribution is -0.143. The molecular weight excluding hydrogens is 436 g/mol. The van der Waals surface area contributed by atoms with Crippen molar-refractivity contribution in [1.82, 2.24) is 9.55 Å². The number of aromatic amines is 1. The number of hydrogen-bond donors (Lipinski definition) is 2. The number of benzene rings is 1. The lowest BCUT2D eigenvalue weighted by Crippen LogP contribution is -2.41. The van der Waals surface area contributed by atoms with Crippen LogP contribution in [0.25, 0.3) is 0 Å². The normalized spacial score (nSPS) is 17.0. The van der Waals surface area contributed by atoms with Gasteiger partial charge in [0.1, 0.15) is 5.56 Å². The Morgan fingerprint density at radius 1 is 1.10 bits per heavy atom. The predicted octanol–water partition coefficient (Wildman–Crippen LogP) is 3.01. The molecule has 2 N–H and O–H groups in total. The number of carbonyl (C=O) groups is 1. The number of nitrogens with zero attached hydrogens (tertiary/aromatic N) is 1. The van der Waals surface area contributed by atoms with E-state index < -0.39 is 58.0 Å². The van der Waals surface area contributed by atoms with Crippen molar-refractivity contribution in [3.63, 3.8) is 0 Å². The number of nitrogens with one attached hydrogen (secondary N) is 2. The van der Waals surface area contributed by atoms with Crippen LogP contribution in [0.5, 0.6) is 0 Å². The van der Waals surface area contributed by atoms with E-state index in [1.165, 1.54) is 0 Å². The molecule has 1 unspecified atom stereocenters. The molecular formula is C18H15F6N3O4. The second kappa shape index (κ2) is 8.21. The molecule has 1 fully saturated rings. The Labute approximate surface area is 169 Å². The molecule has 31 heavy (non-hydrogen) atoms. The molecule has 1 saturated heterocycles. The van der Waals surface area contributed by atoms with E-state index in [0.29, 0.717) is 36.1 Å². The number of ether oxygens (including phenoxy) is 1. The van der Waals surface area contributed by atoms with Crippen LogP contribution in [0.3, 0.4) is 0 Å². The van der Waals surface area contributed by atoms with E-state index in [2.05, 4.69) is 4.98 Å². The highest BCUT2D eigenvalue weighted by Crippen LogP contribution is 2.37. The van der Waals surface area contributed by atoms with Crippen LogP contribution >= 0.6 is 0 Å². The second-order valence-electron chi connectivity index (χ2n) is 6.81. The van der Waals surface area contributed by atoms with E-state index in [1.54, 1.807) is 0 Å². The molecule has 13 heteroatoms. The number of rotatable bonds is 4. The minimum absolute atomic E-state index is 0.0930. The van der Waals surface area contributed by atoms with Crippen LogP contribution in [-0.2, 0) is 23.6 Å². The standard InChI is InChI=1S/C18H15F6N3O4/c19-17(20,21)9-4-10(18(22,23)24)6-11(5-9)26-14(28)13-7-25-16(30)27(15(13)29)8-12-2-1-3-31-12/h4-7,12H,1-3,8H2,(H,25,30)(H,26,28). The summed E-state index contributed by atoms with van der Waals surface area (Å²) in [6.45, 7) is 0.283. The Bertz CT molecular complexity index is 1060. The lowest BCUT2D eigenvalue weighted by atomic mass is 10.1. The lowest BCUT2D eigenvalue weighted by Gasteiger charge is -2.15. The number of alkyl halides is 6. The molecule has 1 aromatic carbocycles. The van der Waals surface area contributed by atoms with Crippen molar-refractivity contribution < 1.29 is 35.9 Å². The Kier molecular flexibility index (Phi) is 5.98. The average molecular weight is 451 g/mol. The van der Waals surface area contributed by atoms with Crippen molar-refractivity contribution in [3.05, 3.63) is 61.9 Å². The van der Waals surface area contributed by atoms with Gasteiger partial charge in [0.05, 0.1) is 23.8 Å². The fourth-order valence-corrected chi connectivity index (χ4v) is 3.06. The molecule has 2 heterocycles. The van der Waals surface area contributed by atoms with E-state index in [4.69, 9.17) is 4.74 Å². The van der Waals surface area contributed by atoms with Crippen LogP contribution in [0.1, 0.15) is 34.3 Å². The first-order valence-electron chi connectivity index (χ1n) is 8.91. The Morgan fingerprint density at radius 2 is 1.71 bits per heavy atom. The number of halogens is 6. The van der Waals surface area contributed by atoms with Crippen LogP contribution in [0.4, 0.5) is 32.0 Å². The van der Waals surface area contributed by atoms with Gasteiger partial charge in [-0.3, -0.25) is 14.2 Å². The monoisotopic (exact) mass is 451 g/mol. The maximum absolute atomic E-state index is 13.0. The molecule has 0 aliphatic carbocycles. The van der Waals surface area contributed by atoms with Gasteiger partial charge in [-0.25, -0.2) is 4.79 Å². The summed E-state index contributed by atoms with van der Waals surface area (Å²) in [6.07, 6.45) is -8.61. The zero-order valence-electron chi connectivity index (χ0n) is 15.6. The molecule has 3 rings (SSSR count). The van der Waals surface area contributed by atoms with Gasteiger partial charge < -0.3 is 15.0 Å². The number of H-pyrrole nitrogens is 1. The van der Waals surface area contributed by atoms with E-state index in [-0.39, 0.29) is 12.6 Å². The zero-order valence-corrected chi connectivity index (χ0v) is 15.6. The van der Waals surface area contributed by atoms with Gasteiger partial charge >= 0.3 is 18.0 Å². The maximum Gasteiger partial charge on any atom is 0.416 e. The van der Waals surface area contributed by atoms with Crippen molar-refractivity contribution in [2.45, 2.75) is 37.8 Å². The van der Waals surface area contributed by atoms with Gasteiger partial charge in [0.25, 0.3) is 11.5 Å². The largest absolute Gasteiger partial charge is 0.416 e. The fourth-order valence-electron chi connectivity index (χ4n) is 3.06. The van der Waals surface area contributed by atoms with Gasteiger partial charge in [-0.05, 0) is 31.0 Å². The third-order valence-electron chi connectivity index (χ3n) is 4.56. The van der Waals surface area contributed by atoms with E-state index in [1.807, 2.05) is 5.32 Å². The summed E-state index contributed by atoms with van der Waals surface area (Å²) in [5.74, 6) is -1.28. The second-order valence-corrected chi connectivity index (χ2v) is 6.81. The van der Waals surface area contributed by atoms with Crippen LogP contribution in [0.15, 0.2) is 34.0 Å². The third kappa shape index (κ3) is 5.16.